The molecular formula is C15H11N3O2S. The van der Waals surface area contributed by atoms with Crippen LogP contribution < -0.4 is 5.56 Å². The molecule has 0 aliphatic rings. The van der Waals surface area contributed by atoms with Gasteiger partial charge >= 0.3 is 0 Å². The molecule has 2 aromatic heterocycles. The highest BCUT2D eigenvalue weighted by atomic mass is 32.1. The van der Waals surface area contributed by atoms with Crippen molar-refractivity contribution in [2.75, 3.05) is 6.61 Å². The molecule has 0 aliphatic carbocycles. The van der Waals surface area contributed by atoms with E-state index in [0.717, 1.165) is 10.4 Å². The number of aliphatic hydroxyl groups excluding tert-OH is 1. The van der Waals surface area contributed by atoms with Crippen LogP contribution in [-0.4, -0.2) is 26.7 Å². The summed E-state index contributed by atoms with van der Waals surface area (Å²) in [6, 6.07) is 9.03. The summed E-state index contributed by atoms with van der Waals surface area (Å²) in [7, 11) is 0. The Bertz CT molecular complexity index is 902. The molecule has 0 unspecified atom stereocenters. The van der Waals surface area contributed by atoms with Gasteiger partial charge in [-0.3, -0.25) is 4.79 Å². The van der Waals surface area contributed by atoms with Crippen LogP contribution in [0.4, 0.5) is 0 Å². The van der Waals surface area contributed by atoms with Crippen molar-refractivity contribution < 1.29 is 5.11 Å². The van der Waals surface area contributed by atoms with Crippen LogP contribution in [0.2, 0.25) is 0 Å². The third-order valence-electron chi connectivity index (χ3n) is 2.90. The van der Waals surface area contributed by atoms with Gasteiger partial charge in [-0.1, -0.05) is 29.2 Å². The number of aliphatic hydroxyl groups is 1. The Kier molecular flexibility index (Phi) is 3.77. The predicted octanol–water partition coefficient (Wildman–Crippen LogP) is 1.25. The zero-order valence-corrected chi connectivity index (χ0v) is 11.8. The van der Waals surface area contributed by atoms with Gasteiger partial charge < -0.3 is 5.11 Å². The first-order valence-corrected chi connectivity index (χ1v) is 7.15. The van der Waals surface area contributed by atoms with Crippen LogP contribution in [0.25, 0.3) is 10.9 Å². The van der Waals surface area contributed by atoms with E-state index in [1.54, 1.807) is 12.1 Å². The summed E-state index contributed by atoms with van der Waals surface area (Å²) in [6.07, 6.45) is 0. The first-order valence-electron chi connectivity index (χ1n) is 6.27. The Hall–Kier alpha value is -2.49. The number of rotatable bonds is 2. The minimum absolute atomic E-state index is 0.156. The maximum Gasteiger partial charge on any atom is 0.277 e. The highest BCUT2D eigenvalue weighted by molar-refractivity contribution is 7.10. The minimum atomic E-state index is -0.166. The number of aromatic nitrogens is 3. The molecule has 0 saturated carbocycles. The van der Waals surface area contributed by atoms with Gasteiger partial charge in [0.05, 0.1) is 11.9 Å². The zero-order valence-electron chi connectivity index (χ0n) is 11.0. The Morgan fingerprint density at radius 3 is 3.05 bits per heavy atom. The first kappa shape index (κ1) is 13.5. The molecule has 5 nitrogen and oxygen atoms in total. The maximum atomic E-state index is 12.3. The molecule has 0 atom stereocenters. The summed E-state index contributed by atoms with van der Waals surface area (Å²) in [5, 5.41) is 19.1. The lowest BCUT2D eigenvalue weighted by Gasteiger charge is -2.02. The molecule has 6 heteroatoms. The second kappa shape index (κ2) is 5.87. The predicted molar refractivity (Wildman–Crippen MR) is 81.2 cm³/mol. The van der Waals surface area contributed by atoms with Crippen LogP contribution in [0.5, 0.6) is 0 Å². The molecule has 0 aliphatic heterocycles. The largest absolute Gasteiger partial charge is 0.384 e. The number of benzene rings is 1. The molecule has 0 fully saturated rings. The lowest BCUT2D eigenvalue weighted by Crippen LogP contribution is -2.24. The van der Waals surface area contributed by atoms with Gasteiger partial charge in [0.1, 0.15) is 12.1 Å². The number of thiophene rings is 1. The average molecular weight is 297 g/mol. The summed E-state index contributed by atoms with van der Waals surface area (Å²) in [5.74, 6) is 5.42. The summed E-state index contributed by atoms with van der Waals surface area (Å²) in [6.45, 7) is 0.197. The number of hydrogen-bond donors (Lipinski definition) is 1. The van der Waals surface area contributed by atoms with Gasteiger partial charge in [-0.2, -0.15) is 0 Å². The fourth-order valence-corrected chi connectivity index (χ4v) is 2.74. The lowest BCUT2D eigenvalue weighted by molar-refractivity contribution is 0.350. The Morgan fingerprint density at radius 1 is 1.33 bits per heavy atom. The molecule has 0 bridgehead atoms. The van der Waals surface area contributed by atoms with Crippen molar-refractivity contribution in [3.05, 3.63) is 56.5 Å². The van der Waals surface area contributed by atoms with E-state index in [0.29, 0.717) is 17.4 Å². The molecule has 2 heterocycles. The summed E-state index contributed by atoms with van der Waals surface area (Å²) in [4.78, 5) is 13.3. The lowest BCUT2D eigenvalue weighted by atomic mass is 10.2. The van der Waals surface area contributed by atoms with Gasteiger partial charge in [-0.25, -0.2) is 4.68 Å². The van der Waals surface area contributed by atoms with E-state index in [9.17, 15) is 4.79 Å². The van der Waals surface area contributed by atoms with Gasteiger partial charge in [0, 0.05) is 15.8 Å². The van der Waals surface area contributed by atoms with E-state index >= 15 is 0 Å². The highest BCUT2D eigenvalue weighted by Crippen LogP contribution is 2.14. The van der Waals surface area contributed by atoms with Crippen molar-refractivity contribution >= 4 is 22.2 Å². The Labute approximate surface area is 124 Å². The monoisotopic (exact) mass is 297 g/mol. The van der Waals surface area contributed by atoms with Crippen molar-refractivity contribution in [3.63, 3.8) is 0 Å². The van der Waals surface area contributed by atoms with Gasteiger partial charge in [0.25, 0.3) is 5.56 Å². The minimum Gasteiger partial charge on any atom is -0.384 e. The van der Waals surface area contributed by atoms with E-state index in [-0.39, 0.29) is 12.2 Å². The molecular weight excluding hydrogens is 286 g/mol. The highest BCUT2D eigenvalue weighted by Gasteiger charge is 2.06. The molecule has 1 N–H and O–H groups in total. The fourth-order valence-electron chi connectivity index (χ4n) is 1.95. The van der Waals surface area contributed by atoms with Gasteiger partial charge in [-0.15, -0.1) is 16.4 Å². The van der Waals surface area contributed by atoms with E-state index in [4.69, 9.17) is 5.11 Å². The van der Waals surface area contributed by atoms with Gasteiger partial charge in [0.15, 0.2) is 0 Å². The van der Waals surface area contributed by atoms with Crippen LogP contribution in [-0.2, 0) is 6.54 Å². The maximum absolute atomic E-state index is 12.3. The molecule has 21 heavy (non-hydrogen) atoms. The van der Waals surface area contributed by atoms with Crippen LogP contribution >= 0.6 is 11.3 Å². The zero-order chi connectivity index (χ0) is 14.7. The molecule has 0 amide bonds. The molecule has 104 valence electrons. The molecule has 0 saturated heterocycles. The molecule has 3 rings (SSSR count). The van der Waals surface area contributed by atoms with Crippen molar-refractivity contribution in [3.8, 4) is 11.8 Å². The normalized spacial score (nSPS) is 10.3. The second-order valence-electron chi connectivity index (χ2n) is 4.33. The Balaban J connectivity index is 1.93. The smallest absolute Gasteiger partial charge is 0.277 e. The summed E-state index contributed by atoms with van der Waals surface area (Å²) >= 11 is 1.50. The third kappa shape index (κ3) is 2.84. The van der Waals surface area contributed by atoms with Crippen molar-refractivity contribution in [1.82, 2.24) is 15.0 Å². The van der Waals surface area contributed by atoms with Crippen molar-refractivity contribution in [2.24, 2.45) is 0 Å². The van der Waals surface area contributed by atoms with Crippen molar-refractivity contribution in [1.29, 1.82) is 0 Å². The number of fused-ring (bicyclic) bond motifs is 1. The van der Waals surface area contributed by atoms with Crippen molar-refractivity contribution in [2.45, 2.75) is 6.54 Å². The molecule has 3 aromatic rings. The second-order valence-corrected chi connectivity index (χ2v) is 5.33. The van der Waals surface area contributed by atoms with E-state index in [1.165, 1.54) is 16.0 Å². The quantitative estimate of drug-likeness (QED) is 0.723. The molecule has 1 aromatic carbocycles. The van der Waals surface area contributed by atoms with E-state index < -0.39 is 0 Å². The van der Waals surface area contributed by atoms with Gasteiger partial charge in [0.2, 0.25) is 0 Å². The van der Waals surface area contributed by atoms with E-state index in [1.807, 2.05) is 23.6 Å². The molecule has 0 radical (unpaired) electrons. The third-order valence-corrected chi connectivity index (χ3v) is 3.82. The standard InChI is InChI=1S/C15H11N3O2S/c19-7-3-4-11-8-12(21-10-11)9-18-15(20)13-5-1-2-6-14(13)16-17-18/h1-2,5-6,8,10,19H,7,9H2. The number of nitrogens with zero attached hydrogens (tertiary/aromatic N) is 3. The van der Waals surface area contributed by atoms with Crippen LogP contribution in [0.15, 0.2) is 40.5 Å². The number of hydrogen-bond acceptors (Lipinski definition) is 5. The summed E-state index contributed by atoms with van der Waals surface area (Å²) < 4.78 is 1.34. The van der Waals surface area contributed by atoms with E-state index in [2.05, 4.69) is 22.2 Å². The van der Waals surface area contributed by atoms with Gasteiger partial charge in [-0.05, 0) is 18.2 Å². The molecule has 0 spiro atoms. The fraction of sp³-hybridized carbons (Fsp3) is 0.133. The summed E-state index contributed by atoms with van der Waals surface area (Å²) in [5.41, 5.74) is 1.27. The average Bonchev–Trinajstić information content (AvgIpc) is 2.96. The topological polar surface area (TPSA) is 68.0 Å². The first-order chi connectivity index (χ1) is 10.3. The Morgan fingerprint density at radius 2 is 2.19 bits per heavy atom. The SMILES string of the molecule is O=c1c2ccccc2nnn1Cc1cc(C#CCO)cs1. The van der Waals surface area contributed by atoms with Crippen LogP contribution in [0, 0.1) is 11.8 Å². The van der Waals surface area contributed by atoms with Crippen LogP contribution in [0.1, 0.15) is 10.4 Å². The van der Waals surface area contributed by atoms with Crippen LogP contribution in [0.3, 0.4) is 0 Å².